The van der Waals surface area contributed by atoms with E-state index in [4.69, 9.17) is 0 Å². The van der Waals surface area contributed by atoms with Gasteiger partial charge in [0.05, 0.1) is 23.0 Å². The predicted octanol–water partition coefficient (Wildman–Crippen LogP) is 3.67. The molecule has 1 heterocycles. The summed E-state index contributed by atoms with van der Waals surface area (Å²) in [5.74, 6) is 0. The number of carbonyl (C=O) groups is 1. The van der Waals surface area contributed by atoms with Gasteiger partial charge in [-0.25, -0.2) is 0 Å². The van der Waals surface area contributed by atoms with E-state index in [1.807, 2.05) is 0 Å². The fourth-order valence-electron chi connectivity index (χ4n) is 1.57. The van der Waals surface area contributed by atoms with Gasteiger partial charge in [0.1, 0.15) is 0 Å². The number of alkyl halides is 3. The molecule has 0 radical (unpaired) electrons. The molecular weight excluding hydrogens is 313 g/mol. The molecule has 0 amide bonds. The number of aromatic nitrogens is 2. The highest BCUT2D eigenvalue weighted by atomic mass is 79.9. The maximum absolute atomic E-state index is 12.9. The molecule has 7 heteroatoms. The number of carbonyl (C=O) groups excluding carboxylic acids is 1. The van der Waals surface area contributed by atoms with Crippen LogP contribution in [0.2, 0.25) is 0 Å². The van der Waals surface area contributed by atoms with Gasteiger partial charge in [-0.15, -0.1) is 0 Å². The number of aromatic amines is 1. The highest BCUT2D eigenvalue weighted by Crippen LogP contribution is 2.38. The van der Waals surface area contributed by atoms with Crippen LogP contribution in [0.15, 0.2) is 28.9 Å². The zero-order chi connectivity index (χ0) is 13.3. The van der Waals surface area contributed by atoms with Crippen LogP contribution in [0, 0.1) is 0 Å². The molecule has 94 valence electrons. The van der Waals surface area contributed by atoms with E-state index in [1.165, 1.54) is 18.3 Å². The Kier molecular flexibility index (Phi) is 3.25. The Labute approximate surface area is 108 Å². The molecule has 3 nitrogen and oxygen atoms in total. The lowest BCUT2D eigenvalue weighted by molar-refractivity contribution is -0.137. The van der Waals surface area contributed by atoms with E-state index < -0.39 is 11.7 Å². The summed E-state index contributed by atoms with van der Waals surface area (Å²) in [7, 11) is 0. The molecule has 1 aromatic heterocycles. The summed E-state index contributed by atoms with van der Waals surface area (Å²) in [6, 6.07) is 3.72. The van der Waals surface area contributed by atoms with Gasteiger partial charge in [0.2, 0.25) is 0 Å². The number of benzene rings is 1. The molecule has 18 heavy (non-hydrogen) atoms. The Morgan fingerprint density at radius 2 is 2.06 bits per heavy atom. The van der Waals surface area contributed by atoms with Crippen molar-refractivity contribution in [3.63, 3.8) is 0 Å². The lowest BCUT2D eigenvalue weighted by Gasteiger charge is -2.12. The summed E-state index contributed by atoms with van der Waals surface area (Å²) < 4.78 is 39.0. The summed E-state index contributed by atoms with van der Waals surface area (Å²) in [6.07, 6.45) is -2.87. The van der Waals surface area contributed by atoms with E-state index in [2.05, 4.69) is 26.1 Å². The summed E-state index contributed by atoms with van der Waals surface area (Å²) in [6.45, 7) is 0. The summed E-state index contributed by atoms with van der Waals surface area (Å²) in [5, 5.41) is 5.99. The van der Waals surface area contributed by atoms with Crippen LogP contribution in [-0.2, 0) is 6.18 Å². The number of rotatable bonds is 2. The highest BCUT2D eigenvalue weighted by Gasteiger charge is 2.34. The van der Waals surface area contributed by atoms with Gasteiger partial charge in [-0.2, -0.15) is 18.3 Å². The largest absolute Gasteiger partial charge is 0.417 e. The van der Waals surface area contributed by atoms with E-state index in [0.29, 0.717) is 10.8 Å². The number of halogens is 4. The number of hydrogen-bond donors (Lipinski definition) is 1. The van der Waals surface area contributed by atoms with E-state index >= 15 is 0 Å². The van der Waals surface area contributed by atoms with E-state index in [9.17, 15) is 18.0 Å². The van der Waals surface area contributed by atoms with Crippen LogP contribution < -0.4 is 0 Å². The molecule has 0 aliphatic rings. The fourth-order valence-corrected chi connectivity index (χ4v) is 1.93. The van der Waals surface area contributed by atoms with Crippen LogP contribution in [0.5, 0.6) is 0 Å². The molecule has 0 bridgehead atoms. The van der Waals surface area contributed by atoms with Crippen molar-refractivity contribution in [1.82, 2.24) is 10.2 Å². The molecule has 0 fully saturated rings. The maximum Gasteiger partial charge on any atom is 0.417 e. The zero-order valence-electron chi connectivity index (χ0n) is 8.75. The van der Waals surface area contributed by atoms with Crippen molar-refractivity contribution in [3.8, 4) is 11.3 Å². The van der Waals surface area contributed by atoms with Crippen molar-refractivity contribution in [3.05, 3.63) is 40.0 Å². The average molecular weight is 319 g/mol. The molecule has 0 saturated carbocycles. The SMILES string of the molecule is O=Cc1cn[nH]c1-c1ccc(Br)cc1C(F)(F)F. The summed E-state index contributed by atoms with van der Waals surface area (Å²) >= 11 is 2.99. The van der Waals surface area contributed by atoms with Gasteiger partial charge >= 0.3 is 6.18 Å². The van der Waals surface area contributed by atoms with Gasteiger partial charge in [-0.1, -0.05) is 22.0 Å². The second kappa shape index (κ2) is 4.56. The molecule has 1 N–H and O–H groups in total. The number of aldehydes is 1. The minimum atomic E-state index is -4.51. The highest BCUT2D eigenvalue weighted by molar-refractivity contribution is 9.10. The number of H-pyrrole nitrogens is 1. The lowest BCUT2D eigenvalue weighted by Crippen LogP contribution is -2.07. The monoisotopic (exact) mass is 318 g/mol. The average Bonchev–Trinajstić information content (AvgIpc) is 2.75. The van der Waals surface area contributed by atoms with E-state index in [-0.39, 0.29) is 16.8 Å². The molecule has 2 aromatic rings. The van der Waals surface area contributed by atoms with Crippen molar-refractivity contribution in [2.24, 2.45) is 0 Å². The van der Waals surface area contributed by atoms with E-state index in [1.54, 1.807) is 0 Å². The second-order valence-electron chi connectivity index (χ2n) is 3.51. The topological polar surface area (TPSA) is 45.8 Å². The first-order valence-corrected chi connectivity index (χ1v) is 5.58. The van der Waals surface area contributed by atoms with Crippen molar-refractivity contribution < 1.29 is 18.0 Å². The first kappa shape index (κ1) is 12.8. The van der Waals surface area contributed by atoms with Crippen LogP contribution in [-0.4, -0.2) is 16.5 Å². The number of nitrogens with zero attached hydrogens (tertiary/aromatic N) is 1. The Hall–Kier alpha value is -1.63. The third-order valence-corrected chi connectivity index (χ3v) is 2.85. The molecule has 0 spiro atoms. The molecular formula is C11H6BrF3N2O. The maximum atomic E-state index is 12.9. The molecule has 1 aromatic carbocycles. The number of hydrogen-bond acceptors (Lipinski definition) is 2. The van der Waals surface area contributed by atoms with Gasteiger partial charge in [-0.05, 0) is 12.1 Å². The minimum absolute atomic E-state index is 0.0600. The lowest BCUT2D eigenvalue weighted by atomic mass is 10.0. The first-order chi connectivity index (χ1) is 8.43. The Morgan fingerprint density at radius 1 is 1.33 bits per heavy atom. The smallest absolute Gasteiger partial charge is 0.298 e. The van der Waals surface area contributed by atoms with Gasteiger partial charge in [0, 0.05) is 10.0 Å². The molecule has 0 saturated heterocycles. The van der Waals surface area contributed by atoms with Gasteiger partial charge < -0.3 is 0 Å². The van der Waals surface area contributed by atoms with Crippen LogP contribution in [0.4, 0.5) is 13.2 Å². The molecule has 2 rings (SSSR count). The molecule has 0 aliphatic heterocycles. The molecule has 0 atom stereocenters. The standard InChI is InChI=1S/C11H6BrF3N2O/c12-7-1-2-8(9(3-7)11(13,14)15)10-6(5-18)4-16-17-10/h1-5H,(H,16,17). The first-order valence-electron chi connectivity index (χ1n) is 4.79. The molecule has 0 unspecified atom stereocenters. The Bertz CT molecular complexity index is 592. The van der Waals surface area contributed by atoms with Crippen LogP contribution in [0.3, 0.4) is 0 Å². The van der Waals surface area contributed by atoms with Crippen molar-refractivity contribution in [1.29, 1.82) is 0 Å². The van der Waals surface area contributed by atoms with Gasteiger partial charge in [0.15, 0.2) is 6.29 Å². The van der Waals surface area contributed by atoms with Crippen molar-refractivity contribution in [2.45, 2.75) is 6.18 Å². The Balaban J connectivity index is 2.68. The normalized spacial score (nSPS) is 11.6. The van der Waals surface area contributed by atoms with Crippen molar-refractivity contribution in [2.75, 3.05) is 0 Å². The quantitative estimate of drug-likeness (QED) is 0.859. The van der Waals surface area contributed by atoms with Gasteiger partial charge in [-0.3, -0.25) is 9.89 Å². The predicted molar refractivity (Wildman–Crippen MR) is 62.1 cm³/mol. The van der Waals surface area contributed by atoms with Gasteiger partial charge in [0.25, 0.3) is 0 Å². The van der Waals surface area contributed by atoms with Crippen LogP contribution in [0.1, 0.15) is 15.9 Å². The van der Waals surface area contributed by atoms with Crippen LogP contribution >= 0.6 is 15.9 Å². The zero-order valence-corrected chi connectivity index (χ0v) is 10.3. The van der Waals surface area contributed by atoms with Crippen LogP contribution in [0.25, 0.3) is 11.3 Å². The Morgan fingerprint density at radius 3 is 2.67 bits per heavy atom. The van der Waals surface area contributed by atoms with Crippen molar-refractivity contribution >= 4 is 22.2 Å². The third kappa shape index (κ3) is 2.31. The summed E-state index contributed by atoms with van der Waals surface area (Å²) in [4.78, 5) is 10.7. The third-order valence-electron chi connectivity index (χ3n) is 2.35. The fraction of sp³-hybridized carbons (Fsp3) is 0.0909. The number of nitrogens with one attached hydrogen (secondary N) is 1. The summed E-state index contributed by atoms with van der Waals surface area (Å²) in [5.41, 5.74) is -0.790. The second-order valence-corrected chi connectivity index (χ2v) is 4.42. The van der Waals surface area contributed by atoms with E-state index in [0.717, 1.165) is 6.07 Å². The molecule has 0 aliphatic carbocycles. The minimum Gasteiger partial charge on any atom is -0.298 e.